The van der Waals surface area contributed by atoms with Crippen molar-refractivity contribution >= 4 is 0 Å². The van der Waals surface area contributed by atoms with Crippen LogP contribution in [0.5, 0.6) is 0 Å². The smallest absolute Gasteiger partial charge is 0.000496 e. The highest BCUT2D eigenvalue weighted by molar-refractivity contribution is 4.74. The van der Waals surface area contributed by atoms with Gasteiger partial charge in [-0.25, -0.2) is 0 Å². The summed E-state index contributed by atoms with van der Waals surface area (Å²) in [6, 6.07) is 0. The van der Waals surface area contributed by atoms with Gasteiger partial charge in [0.15, 0.2) is 0 Å². The molecule has 0 unspecified atom stereocenters. The van der Waals surface area contributed by atoms with E-state index in [0.29, 0.717) is 5.41 Å². The third-order valence-electron chi connectivity index (χ3n) is 2.57. The Morgan fingerprint density at radius 2 is 1.82 bits per heavy atom. The van der Waals surface area contributed by atoms with Gasteiger partial charge in [0.2, 0.25) is 0 Å². The van der Waals surface area contributed by atoms with Crippen LogP contribution in [0.25, 0.3) is 0 Å². The standard InChI is InChI=1S/C10H23N/c1-6-7-11-8-10(4,5)9(2)3/h9,11H,6-8H2,1-5H3. The van der Waals surface area contributed by atoms with Crippen LogP contribution in [0.1, 0.15) is 41.0 Å². The molecule has 0 radical (unpaired) electrons. The largest absolute Gasteiger partial charge is 0.316 e. The Morgan fingerprint density at radius 3 is 2.18 bits per heavy atom. The monoisotopic (exact) mass is 157 g/mol. The van der Waals surface area contributed by atoms with Gasteiger partial charge in [0.05, 0.1) is 0 Å². The zero-order chi connectivity index (χ0) is 8.91. The van der Waals surface area contributed by atoms with E-state index in [1.165, 1.54) is 6.42 Å². The molecule has 0 amide bonds. The number of hydrogen-bond donors (Lipinski definition) is 1. The highest BCUT2D eigenvalue weighted by Crippen LogP contribution is 2.24. The van der Waals surface area contributed by atoms with Crippen molar-refractivity contribution in [1.82, 2.24) is 5.32 Å². The van der Waals surface area contributed by atoms with Crippen molar-refractivity contribution in [3.05, 3.63) is 0 Å². The molecule has 11 heavy (non-hydrogen) atoms. The van der Waals surface area contributed by atoms with Crippen LogP contribution in [-0.4, -0.2) is 13.1 Å². The second-order valence-electron chi connectivity index (χ2n) is 4.32. The van der Waals surface area contributed by atoms with Crippen molar-refractivity contribution in [2.45, 2.75) is 41.0 Å². The van der Waals surface area contributed by atoms with E-state index in [2.05, 4.69) is 39.9 Å². The van der Waals surface area contributed by atoms with E-state index < -0.39 is 0 Å². The zero-order valence-corrected chi connectivity index (χ0v) is 8.70. The fraction of sp³-hybridized carbons (Fsp3) is 1.00. The van der Waals surface area contributed by atoms with Crippen LogP contribution < -0.4 is 5.32 Å². The van der Waals surface area contributed by atoms with E-state index in [-0.39, 0.29) is 0 Å². The normalized spacial score (nSPS) is 12.5. The highest BCUT2D eigenvalue weighted by Gasteiger charge is 2.20. The molecule has 0 saturated carbocycles. The molecule has 68 valence electrons. The van der Waals surface area contributed by atoms with Gasteiger partial charge in [-0.15, -0.1) is 0 Å². The lowest BCUT2D eigenvalue weighted by atomic mass is 9.81. The number of hydrogen-bond acceptors (Lipinski definition) is 1. The third-order valence-corrected chi connectivity index (χ3v) is 2.57. The van der Waals surface area contributed by atoms with Crippen molar-refractivity contribution in [2.75, 3.05) is 13.1 Å². The molecule has 0 fully saturated rings. The molecule has 0 aromatic rings. The van der Waals surface area contributed by atoms with E-state index in [4.69, 9.17) is 0 Å². The lowest BCUT2D eigenvalue weighted by Gasteiger charge is -2.29. The summed E-state index contributed by atoms with van der Waals surface area (Å²) in [7, 11) is 0. The van der Waals surface area contributed by atoms with Crippen LogP contribution in [-0.2, 0) is 0 Å². The highest BCUT2D eigenvalue weighted by atomic mass is 14.9. The topological polar surface area (TPSA) is 12.0 Å². The summed E-state index contributed by atoms with van der Waals surface area (Å²) in [6.45, 7) is 13.7. The molecule has 0 aliphatic carbocycles. The molecule has 0 aromatic heterocycles. The van der Waals surface area contributed by atoms with Crippen molar-refractivity contribution < 1.29 is 0 Å². The summed E-state index contributed by atoms with van der Waals surface area (Å²) in [5, 5.41) is 3.46. The Bertz CT molecular complexity index is 95.0. The Kier molecular flexibility index (Phi) is 4.74. The molecule has 0 saturated heterocycles. The Balaban J connectivity index is 3.55. The molecule has 0 heterocycles. The first kappa shape index (κ1) is 11.0. The van der Waals surface area contributed by atoms with Gasteiger partial charge in [-0.1, -0.05) is 34.6 Å². The van der Waals surface area contributed by atoms with Gasteiger partial charge in [0.1, 0.15) is 0 Å². The third kappa shape index (κ3) is 4.41. The Labute approximate surface area is 71.6 Å². The number of nitrogens with one attached hydrogen (secondary N) is 1. The molecule has 1 heteroatoms. The summed E-state index contributed by atoms with van der Waals surface area (Å²) in [5.41, 5.74) is 0.440. The maximum Gasteiger partial charge on any atom is 0.000496 e. The molecule has 0 bridgehead atoms. The molecule has 0 aromatic carbocycles. The maximum atomic E-state index is 3.46. The average molecular weight is 157 g/mol. The molecule has 1 nitrogen and oxygen atoms in total. The van der Waals surface area contributed by atoms with Crippen LogP contribution in [0.15, 0.2) is 0 Å². The average Bonchev–Trinajstić information content (AvgIpc) is 1.88. The Morgan fingerprint density at radius 1 is 1.27 bits per heavy atom. The molecule has 0 aliphatic rings. The fourth-order valence-corrected chi connectivity index (χ4v) is 0.791. The van der Waals surface area contributed by atoms with E-state index in [1.54, 1.807) is 0 Å². The molecular weight excluding hydrogens is 134 g/mol. The predicted molar refractivity (Wildman–Crippen MR) is 51.8 cm³/mol. The van der Waals surface area contributed by atoms with E-state index in [9.17, 15) is 0 Å². The predicted octanol–water partition coefficient (Wildman–Crippen LogP) is 2.67. The minimum absolute atomic E-state index is 0.440. The van der Waals surface area contributed by atoms with Gasteiger partial charge in [0.25, 0.3) is 0 Å². The van der Waals surface area contributed by atoms with Gasteiger partial charge in [0, 0.05) is 6.54 Å². The lowest BCUT2D eigenvalue weighted by Crippen LogP contribution is -2.33. The van der Waals surface area contributed by atoms with Crippen LogP contribution in [0.3, 0.4) is 0 Å². The molecular formula is C10H23N. The van der Waals surface area contributed by atoms with Crippen LogP contribution in [0.4, 0.5) is 0 Å². The summed E-state index contributed by atoms with van der Waals surface area (Å²) in [4.78, 5) is 0. The van der Waals surface area contributed by atoms with Gasteiger partial charge < -0.3 is 5.32 Å². The first-order valence-electron chi connectivity index (χ1n) is 4.71. The fourth-order valence-electron chi connectivity index (χ4n) is 0.791. The van der Waals surface area contributed by atoms with E-state index in [0.717, 1.165) is 19.0 Å². The minimum atomic E-state index is 0.440. The van der Waals surface area contributed by atoms with Gasteiger partial charge in [-0.2, -0.15) is 0 Å². The zero-order valence-electron chi connectivity index (χ0n) is 8.70. The van der Waals surface area contributed by atoms with Crippen molar-refractivity contribution in [1.29, 1.82) is 0 Å². The first-order valence-corrected chi connectivity index (χ1v) is 4.71. The van der Waals surface area contributed by atoms with Gasteiger partial charge in [-0.05, 0) is 24.3 Å². The second-order valence-corrected chi connectivity index (χ2v) is 4.32. The quantitative estimate of drug-likeness (QED) is 0.605. The Hall–Kier alpha value is -0.0400. The molecule has 1 N–H and O–H groups in total. The minimum Gasteiger partial charge on any atom is -0.316 e. The van der Waals surface area contributed by atoms with E-state index in [1.807, 2.05) is 0 Å². The van der Waals surface area contributed by atoms with Crippen molar-refractivity contribution in [3.8, 4) is 0 Å². The second kappa shape index (κ2) is 4.76. The summed E-state index contributed by atoms with van der Waals surface area (Å²) >= 11 is 0. The lowest BCUT2D eigenvalue weighted by molar-refractivity contribution is 0.239. The molecule has 0 rings (SSSR count). The van der Waals surface area contributed by atoms with E-state index >= 15 is 0 Å². The van der Waals surface area contributed by atoms with Crippen molar-refractivity contribution in [3.63, 3.8) is 0 Å². The number of rotatable bonds is 5. The molecule has 0 atom stereocenters. The molecule has 0 spiro atoms. The maximum absolute atomic E-state index is 3.46. The van der Waals surface area contributed by atoms with Crippen LogP contribution in [0, 0.1) is 11.3 Å². The van der Waals surface area contributed by atoms with Crippen LogP contribution >= 0.6 is 0 Å². The molecule has 0 aliphatic heterocycles. The summed E-state index contributed by atoms with van der Waals surface area (Å²) in [6.07, 6.45) is 1.23. The van der Waals surface area contributed by atoms with Gasteiger partial charge >= 0.3 is 0 Å². The summed E-state index contributed by atoms with van der Waals surface area (Å²) < 4.78 is 0. The first-order chi connectivity index (χ1) is 5.00. The SMILES string of the molecule is CCCNCC(C)(C)C(C)C. The van der Waals surface area contributed by atoms with Gasteiger partial charge in [-0.3, -0.25) is 0 Å². The van der Waals surface area contributed by atoms with Crippen molar-refractivity contribution in [2.24, 2.45) is 11.3 Å². The summed E-state index contributed by atoms with van der Waals surface area (Å²) in [5.74, 6) is 0.756. The van der Waals surface area contributed by atoms with Crippen LogP contribution in [0.2, 0.25) is 0 Å².